The number of amides is 1. The maximum Gasteiger partial charge on any atom is 0.228 e. The quantitative estimate of drug-likeness (QED) is 0.719. The van der Waals surface area contributed by atoms with E-state index in [4.69, 9.17) is 16.3 Å². The van der Waals surface area contributed by atoms with Crippen molar-refractivity contribution in [3.63, 3.8) is 0 Å². The first kappa shape index (κ1) is 17.5. The Morgan fingerprint density at radius 1 is 1.19 bits per heavy atom. The molecule has 1 aromatic heterocycles. The summed E-state index contributed by atoms with van der Waals surface area (Å²) in [6, 6.07) is 18.4. The van der Waals surface area contributed by atoms with Gasteiger partial charge in [0.1, 0.15) is 17.4 Å². The number of rotatable bonds is 6. The maximum absolute atomic E-state index is 12.3. The number of benzene rings is 2. The lowest BCUT2D eigenvalue weighted by Crippen LogP contribution is -2.18. The number of hydrogen-bond donors (Lipinski definition) is 1. The zero-order valence-corrected chi connectivity index (χ0v) is 14.5. The lowest BCUT2D eigenvalue weighted by Gasteiger charge is -2.10. The molecule has 1 N–H and O–H groups in total. The lowest BCUT2D eigenvalue weighted by atomic mass is 10.3. The Morgan fingerprint density at radius 2 is 1.92 bits per heavy atom. The first-order valence-corrected chi connectivity index (χ1v) is 8.27. The van der Waals surface area contributed by atoms with E-state index in [1.165, 1.54) is 10.9 Å². The Labute approximate surface area is 155 Å². The standard InChI is InChI=1S/C19H15ClN4O2/c20-16-8-4-5-9-17(16)26-11-10-18(25)23-19-14(12-21)13-22-24(19)15-6-2-1-3-7-15/h1-9,13H,10-11H2,(H,23,25). The van der Waals surface area contributed by atoms with Crippen LogP contribution in [0.1, 0.15) is 12.0 Å². The summed E-state index contributed by atoms with van der Waals surface area (Å²) in [5, 5.41) is 16.7. The third kappa shape index (κ3) is 4.02. The summed E-state index contributed by atoms with van der Waals surface area (Å²) in [5.41, 5.74) is 1.03. The fourth-order valence-electron chi connectivity index (χ4n) is 2.33. The largest absolute Gasteiger partial charge is 0.491 e. The van der Waals surface area contributed by atoms with Gasteiger partial charge in [-0.3, -0.25) is 4.79 Å². The van der Waals surface area contributed by atoms with Gasteiger partial charge in [-0.15, -0.1) is 0 Å². The van der Waals surface area contributed by atoms with Crippen molar-refractivity contribution in [1.29, 1.82) is 5.26 Å². The summed E-state index contributed by atoms with van der Waals surface area (Å²) in [5.74, 6) is 0.571. The Balaban J connectivity index is 1.67. The Bertz CT molecular complexity index is 948. The summed E-state index contributed by atoms with van der Waals surface area (Å²) < 4.78 is 7.04. The van der Waals surface area contributed by atoms with Crippen molar-refractivity contribution in [2.24, 2.45) is 0 Å². The van der Waals surface area contributed by atoms with Gasteiger partial charge >= 0.3 is 0 Å². The van der Waals surface area contributed by atoms with E-state index in [1.54, 1.807) is 24.3 Å². The summed E-state index contributed by atoms with van der Waals surface area (Å²) in [7, 11) is 0. The lowest BCUT2D eigenvalue weighted by molar-refractivity contribution is -0.116. The van der Waals surface area contributed by atoms with Crippen molar-refractivity contribution in [1.82, 2.24) is 9.78 Å². The van der Waals surface area contributed by atoms with Crippen molar-refractivity contribution in [2.75, 3.05) is 11.9 Å². The molecule has 0 spiro atoms. The highest BCUT2D eigenvalue weighted by Gasteiger charge is 2.15. The molecule has 1 amide bonds. The Morgan fingerprint density at radius 3 is 2.65 bits per heavy atom. The molecule has 6 nitrogen and oxygen atoms in total. The topological polar surface area (TPSA) is 79.9 Å². The van der Waals surface area contributed by atoms with Gasteiger partial charge in [0.15, 0.2) is 5.82 Å². The number of halogens is 1. The molecule has 0 atom stereocenters. The van der Waals surface area contributed by atoms with Gasteiger partial charge in [-0.2, -0.15) is 10.4 Å². The number of nitrogens with one attached hydrogen (secondary N) is 1. The fraction of sp³-hybridized carbons (Fsp3) is 0.105. The molecule has 0 unspecified atom stereocenters. The van der Waals surface area contributed by atoms with Crippen LogP contribution >= 0.6 is 11.6 Å². The first-order valence-electron chi connectivity index (χ1n) is 7.90. The minimum absolute atomic E-state index is 0.107. The smallest absolute Gasteiger partial charge is 0.228 e. The van der Waals surface area contributed by atoms with E-state index in [0.717, 1.165) is 5.69 Å². The SMILES string of the molecule is N#Cc1cnn(-c2ccccc2)c1NC(=O)CCOc1ccccc1Cl. The molecular weight excluding hydrogens is 352 g/mol. The molecule has 130 valence electrons. The number of para-hydroxylation sites is 2. The molecule has 7 heteroatoms. The van der Waals surface area contributed by atoms with Crippen LogP contribution in [0.25, 0.3) is 5.69 Å². The molecule has 2 aromatic carbocycles. The normalized spacial score (nSPS) is 10.2. The predicted octanol–water partition coefficient (Wildman–Crippen LogP) is 3.80. The molecule has 26 heavy (non-hydrogen) atoms. The molecule has 0 aliphatic rings. The van der Waals surface area contributed by atoms with Crippen molar-refractivity contribution in [3.8, 4) is 17.5 Å². The van der Waals surface area contributed by atoms with Crippen LogP contribution < -0.4 is 10.1 Å². The van der Waals surface area contributed by atoms with Crippen LogP contribution in [0.2, 0.25) is 5.02 Å². The summed E-state index contributed by atoms with van der Waals surface area (Å²) in [6.07, 6.45) is 1.53. The average Bonchev–Trinajstić information content (AvgIpc) is 3.06. The highest BCUT2D eigenvalue weighted by molar-refractivity contribution is 6.32. The van der Waals surface area contributed by atoms with Gasteiger partial charge in [-0.05, 0) is 24.3 Å². The van der Waals surface area contributed by atoms with Crippen LogP contribution in [0.3, 0.4) is 0 Å². The van der Waals surface area contributed by atoms with E-state index in [0.29, 0.717) is 16.6 Å². The van der Waals surface area contributed by atoms with Gasteiger partial charge in [0, 0.05) is 0 Å². The van der Waals surface area contributed by atoms with Crippen LogP contribution in [-0.2, 0) is 4.79 Å². The number of carbonyl (C=O) groups excluding carboxylic acids is 1. The molecule has 0 fully saturated rings. The second kappa shape index (κ2) is 8.19. The number of ether oxygens (including phenoxy) is 1. The number of hydrogen-bond acceptors (Lipinski definition) is 4. The van der Waals surface area contributed by atoms with Crippen LogP contribution in [0.5, 0.6) is 5.75 Å². The van der Waals surface area contributed by atoms with Crippen molar-refractivity contribution < 1.29 is 9.53 Å². The maximum atomic E-state index is 12.3. The molecule has 0 radical (unpaired) electrons. The fourth-order valence-corrected chi connectivity index (χ4v) is 2.52. The van der Waals surface area contributed by atoms with Crippen LogP contribution in [-0.4, -0.2) is 22.3 Å². The number of aromatic nitrogens is 2. The second-order valence-electron chi connectivity index (χ2n) is 5.34. The summed E-state index contributed by atoms with van der Waals surface area (Å²) in [6.45, 7) is 0.164. The average molecular weight is 367 g/mol. The van der Waals surface area contributed by atoms with Crippen molar-refractivity contribution >= 4 is 23.3 Å². The highest BCUT2D eigenvalue weighted by atomic mass is 35.5. The van der Waals surface area contributed by atoms with Crippen LogP contribution in [0.4, 0.5) is 5.82 Å². The first-order chi connectivity index (χ1) is 12.7. The Kier molecular flexibility index (Phi) is 5.52. The molecule has 0 bridgehead atoms. The van der Waals surface area contributed by atoms with E-state index in [2.05, 4.69) is 10.4 Å². The van der Waals surface area contributed by atoms with Crippen LogP contribution in [0.15, 0.2) is 60.8 Å². The molecule has 3 rings (SSSR count). The molecule has 0 aliphatic heterocycles. The van der Waals surface area contributed by atoms with Gasteiger partial charge in [0.05, 0.1) is 29.9 Å². The summed E-state index contributed by atoms with van der Waals surface area (Å²) >= 11 is 6.01. The molecule has 1 heterocycles. The molecule has 0 aliphatic carbocycles. The number of anilines is 1. The second-order valence-corrected chi connectivity index (χ2v) is 5.75. The molecular formula is C19H15ClN4O2. The molecule has 0 saturated heterocycles. The number of carbonyl (C=O) groups is 1. The molecule has 0 saturated carbocycles. The van der Waals surface area contributed by atoms with Crippen molar-refractivity contribution in [2.45, 2.75) is 6.42 Å². The predicted molar refractivity (Wildman–Crippen MR) is 98.5 cm³/mol. The van der Waals surface area contributed by atoms with Crippen molar-refractivity contribution in [3.05, 3.63) is 71.4 Å². The minimum Gasteiger partial charge on any atom is -0.491 e. The number of nitriles is 1. The summed E-state index contributed by atoms with van der Waals surface area (Å²) in [4.78, 5) is 12.3. The van der Waals surface area contributed by atoms with E-state index in [9.17, 15) is 10.1 Å². The molecule has 3 aromatic rings. The van der Waals surface area contributed by atoms with Crippen LogP contribution in [0, 0.1) is 11.3 Å². The van der Waals surface area contributed by atoms with E-state index < -0.39 is 0 Å². The Hall–Kier alpha value is -3.30. The van der Waals surface area contributed by atoms with Gasteiger partial charge in [-0.25, -0.2) is 4.68 Å². The van der Waals surface area contributed by atoms with E-state index in [1.807, 2.05) is 36.4 Å². The van der Waals surface area contributed by atoms with Gasteiger partial charge in [0.2, 0.25) is 5.91 Å². The zero-order chi connectivity index (χ0) is 18.4. The van der Waals surface area contributed by atoms with Gasteiger partial charge in [0.25, 0.3) is 0 Å². The highest BCUT2D eigenvalue weighted by Crippen LogP contribution is 2.23. The third-order valence-electron chi connectivity index (χ3n) is 3.57. The number of nitrogens with zero attached hydrogens (tertiary/aromatic N) is 3. The minimum atomic E-state index is -0.286. The van der Waals surface area contributed by atoms with E-state index >= 15 is 0 Å². The van der Waals surface area contributed by atoms with Gasteiger partial charge in [-0.1, -0.05) is 41.9 Å². The van der Waals surface area contributed by atoms with E-state index in [-0.39, 0.29) is 24.5 Å². The van der Waals surface area contributed by atoms with Gasteiger partial charge < -0.3 is 10.1 Å². The monoisotopic (exact) mass is 366 g/mol. The zero-order valence-electron chi connectivity index (χ0n) is 13.7. The third-order valence-corrected chi connectivity index (χ3v) is 3.88.